The van der Waals surface area contributed by atoms with Crippen molar-refractivity contribution < 1.29 is 21.6 Å². The summed E-state index contributed by atoms with van der Waals surface area (Å²) in [6, 6.07) is 4.52. The zero-order chi connectivity index (χ0) is 14.7. The van der Waals surface area contributed by atoms with Gasteiger partial charge in [0.2, 0.25) is 10.0 Å². The molecule has 0 aromatic heterocycles. The lowest BCUT2D eigenvalue weighted by Crippen LogP contribution is -2.18. The van der Waals surface area contributed by atoms with Gasteiger partial charge in [-0.15, -0.1) is 0 Å². The second-order valence-corrected chi connectivity index (χ2v) is 8.08. The molecule has 108 valence electrons. The Morgan fingerprint density at radius 2 is 1.84 bits per heavy atom. The molecule has 1 aromatic carbocycles. The molecular weight excluding hydrogens is 290 g/mol. The summed E-state index contributed by atoms with van der Waals surface area (Å²) in [4.78, 5) is -0.138. The Balaban J connectivity index is 2.91. The third kappa shape index (κ3) is 4.81. The first kappa shape index (κ1) is 15.9. The number of primary sulfonamides is 1. The van der Waals surface area contributed by atoms with Crippen molar-refractivity contribution in [2.75, 3.05) is 18.1 Å². The van der Waals surface area contributed by atoms with Gasteiger partial charge in [0.15, 0.2) is 9.84 Å². The molecule has 6 nitrogen and oxygen atoms in total. The number of ether oxygens (including phenoxy) is 1. The van der Waals surface area contributed by atoms with Crippen molar-refractivity contribution in [1.29, 1.82) is 0 Å². The fraction of sp³-hybridized carbons (Fsp3) is 0.455. The van der Waals surface area contributed by atoms with E-state index in [-0.39, 0.29) is 28.8 Å². The zero-order valence-corrected chi connectivity index (χ0v) is 12.4. The summed E-state index contributed by atoms with van der Waals surface area (Å²) >= 11 is 0. The molecule has 2 N–H and O–H groups in total. The van der Waals surface area contributed by atoms with Gasteiger partial charge in [0.05, 0.1) is 5.75 Å². The van der Waals surface area contributed by atoms with Crippen molar-refractivity contribution in [1.82, 2.24) is 0 Å². The molecule has 0 saturated carbocycles. The van der Waals surface area contributed by atoms with Gasteiger partial charge in [-0.3, -0.25) is 0 Å². The standard InChI is InChI=1S/C11H17NO5S2/c1-3-18(13,14)7-6-17-10-5-4-9(2)8-11(10)19(12,15)16/h4-5,8H,3,6-7H2,1-2H3,(H2,12,15,16). The number of hydrogen-bond donors (Lipinski definition) is 1. The smallest absolute Gasteiger partial charge is 0.241 e. The van der Waals surface area contributed by atoms with Gasteiger partial charge < -0.3 is 4.74 Å². The van der Waals surface area contributed by atoms with Crippen LogP contribution < -0.4 is 9.88 Å². The summed E-state index contributed by atoms with van der Waals surface area (Å²) in [5, 5.41) is 5.08. The maximum absolute atomic E-state index is 11.4. The number of aryl methyl sites for hydroxylation is 1. The highest BCUT2D eigenvalue weighted by atomic mass is 32.2. The van der Waals surface area contributed by atoms with E-state index in [4.69, 9.17) is 9.88 Å². The number of hydrogen-bond acceptors (Lipinski definition) is 5. The van der Waals surface area contributed by atoms with E-state index in [0.717, 1.165) is 5.56 Å². The van der Waals surface area contributed by atoms with Crippen LogP contribution in [0.5, 0.6) is 5.75 Å². The molecule has 0 spiro atoms. The van der Waals surface area contributed by atoms with Gasteiger partial charge in [0.25, 0.3) is 0 Å². The molecule has 0 fully saturated rings. The Hall–Kier alpha value is -1.12. The molecule has 0 atom stereocenters. The number of sulfone groups is 1. The number of benzene rings is 1. The van der Waals surface area contributed by atoms with Crippen molar-refractivity contribution in [3.63, 3.8) is 0 Å². The van der Waals surface area contributed by atoms with Gasteiger partial charge in [-0.25, -0.2) is 22.0 Å². The molecule has 1 rings (SSSR count). The van der Waals surface area contributed by atoms with Crippen LogP contribution in [0.1, 0.15) is 12.5 Å². The molecule has 0 unspecified atom stereocenters. The lowest BCUT2D eigenvalue weighted by Gasteiger charge is -2.10. The van der Waals surface area contributed by atoms with Crippen LogP contribution in [0.25, 0.3) is 0 Å². The second kappa shape index (κ2) is 5.89. The van der Waals surface area contributed by atoms with Crippen molar-refractivity contribution in [3.8, 4) is 5.75 Å². The molecule has 0 bridgehead atoms. The van der Waals surface area contributed by atoms with Crippen LogP contribution in [0.4, 0.5) is 0 Å². The van der Waals surface area contributed by atoms with Gasteiger partial charge >= 0.3 is 0 Å². The van der Waals surface area contributed by atoms with Crippen LogP contribution in [-0.4, -0.2) is 34.9 Å². The quantitative estimate of drug-likeness (QED) is 0.822. The van der Waals surface area contributed by atoms with E-state index in [9.17, 15) is 16.8 Å². The van der Waals surface area contributed by atoms with E-state index in [2.05, 4.69) is 0 Å². The molecule has 0 amide bonds. The van der Waals surface area contributed by atoms with Crippen LogP contribution in [-0.2, 0) is 19.9 Å². The minimum absolute atomic E-state index is 0.0201. The maximum Gasteiger partial charge on any atom is 0.241 e. The van der Waals surface area contributed by atoms with Gasteiger partial charge in [-0.05, 0) is 24.6 Å². The minimum atomic E-state index is -3.90. The molecule has 0 aliphatic carbocycles. The van der Waals surface area contributed by atoms with Crippen molar-refractivity contribution in [2.24, 2.45) is 5.14 Å². The minimum Gasteiger partial charge on any atom is -0.491 e. The van der Waals surface area contributed by atoms with Gasteiger partial charge in [-0.1, -0.05) is 13.0 Å². The first-order valence-electron chi connectivity index (χ1n) is 5.62. The summed E-state index contributed by atoms with van der Waals surface area (Å²) in [6.07, 6.45) is 0. The van der Waals surface area contributed by atoms with Crippen LogP contribution in [0.2, 0.25) is 0 Å². The predicted octanol–water partition coefficient (Wildman–Crippen LogP) is 0.456. The Morgan fingerprint density at radius 1 is 1.21 bits per heavy atom. The first-order chi connectivity index (χ1) is 8.65. The largest absolute Gasteiger partial charge is 0.491 e. The molecule has 19 heavy (non-hydrogen) atoms. The van der Waals surface area contributed by atoms with Crippen LogP contribution >= 0.6 is 0 Å². The van der Waals surface area contributed by atoms with Crippen molar-refractivity contribution in [2.45, 2.75) is 18.7 Å². The highest BCUT2D eigenvalue weighted by Crippen LogP contribution is 2.23. The normalized spacial score (nSPS) is 12.4. The van der Waals surface area contributed by atoms with E-state index in [1.165, 1.54) is 19.1 Å². The highest BCUT2D eigenvalue weighted by molar-refractivity contribution is 7.91. The second-order valence-electron chi connectivity index (χ2n) is 4.08. The van der Waals surface area contributed by atoms with E-state index in [1.807, 2.05) is 0 Å². The zero-order valence-electron chi connectivity index (χ0n) is 10.8. The molecule has 8 heteroatoms. The Morgan fingerprint density at radius 3 is 2.37 bits per heavy atom. The summed E-state index contributed by atoms with van der Waals surface area (Å²) in [7, 11) is -7.05. The van der Waals surface area contributed by atoms with E-state index < -0.39 is 19.9 Å². The maximum atomic E-state index is 11.4. The van der Waals surface area contributed by atoms with E-state index in [1.54, 1.807) is 13.0 Å². The monoisotopic (exact) mass is 307 g/mol. The predicted molar refractivity (Wildman–Crippen MR) is 72.4 cm³/mol. The fourth-order valence-corrected chi connectivity index (χ4v) is 2.76. The fourth-order valence-electron chi connectivity index (χ4n) is 1.38. The molecule has 0 heterocycles. The lowest BCUT2D eigenvalue weighted by molar-refractivity contribution is 0.332. The lowest BCUT2D eigenvalue weighted by atomic mass is 10.2. The van der Waals surface area contributed by atoms with Gasteiger partial charge in [0.1, 0.15) is 17.3 Å². The third-order valence-corrected chi connectivity index (χ3v) is 5.10. The van der Waals surface area contributed by atoms with Crippen molar-refractivity contribution in [3.05, 3.63) is 23.8 Å². The number of sulfonamides is 1. The summed E-state index contributed by atoms with van der Waals surface area (Å²) in [5.74, 6) is -0.0762. The Bertz CT molecular complexity index is 650. The Labute approximate surface area is 113 Å². The molecule has 1 aromatic rings. The van der Waals surface area contributed by atoms with Crippen LogP contribution in [0.15, 0.2) is 23.1 Å². The molecule has 0 saturated heterocycles. The number of rotatable bonds is 6. The Kier molecular flexibility index (Phi) is 4.94. The molecule has 0 aliphatic heterocycles. The SMILES string of the molecule is CCS(=O)(=O)CCOc1ccc(C)cc1S(N)(=O)=O. The molecule has 0 radical (unpaired) electrons. The molecule has 0 aliphatic rings. The summed E-state index contributed by atoms with van der Waals surface area (Å²) in [5.41, 5.74) is 0.720. The number of nitrogens with two attached hydrogens (primary N) is 1. The van der Waals surface area contributed by atoms with Crippen LogP contribution in [0, 0.1) is 6.92 Å². The van der Waals surface area contributed by atoms with Crippen LogP contribution in [0.3, 0.4) is 0 Å². The van der Waals surface area contributed by atoms with Gasteiger partial charge in [0, 0.05) is 5.75 Å². The van der Waals surface area contributed by atoms with Gasteiger partial charge in [-0.2, -0.15) is 0 Å². The van der Waals surface area contributed by atoms with E-state index in [0.29, 0.717) is 0 Å². The average molecular weight is 307 g/mol. The molecular formula is C11H17NO5S2. The summed E-state index contributed by atoms with van der Waals surface area (Å²) in [6.45, 7) is 3.15. The summed E-state index contributed by atoms with van der Waals surface area (Å²) < 4.78 is 50.6. The highest BCUT2D eigenvalue weighted by Gasteiger charge is 2.16. The third-order valence-electron chi connectivity index (χ3n) is 2.50. The topological polar surface area (TPSA) is 104 Å². The first-order valence-corrected chi connectivity index (χ1v) is 8.99. The van der Waals surface area contributed by atoms with E-state index >= 15 is 0 Å². The van der Waals surface area contributed by atoms with Crippen molar-refractivity contribution >= 4 is 19.9 Å². The average Bonchev–Trinajstić information content (AvgIpc) is 2.29.